The van der Waals surface area contributed by atoms with E-state index in [1.54, 1.807) is 12.4 Å². The molecule has 2 heterocycles. The molecule has 0 aliphatic heterocycles. The van der Waals surface area contributed by atoms with Gasteiger partial charge in [0.05, 0.1) is 11.8 Å². The molecule has 3 aromatic rings. The molecule has 26 heavy (non-hydrogen) atoms. The van der Waals surface area contributed by atoms with Gasteiger partial charge in [0.2, 0.25) is 0 Å². The van der Waals surface area contributed by atoms with Crippen molar-refractivity contribution in [3.05, 3.63) is 77.2 Å². The van der Waals surface area contributed by atoms with E-state index in [0.29, 0.717) is 24.2 Å². The van der Waals surface area contributed by atoms with Gasteiger partial charge in [0.15, 0.2) is 0 Å². The highest BCUT2D eigenvalue weighted by Crippen LogP contribution is 2.39. The first-order chi connectivity index (χ1) is 12.7. The van der Waals surface area contributed by atoms with Crippen molar-refractivity contribution in [2.45, 2.75) is 18.3 Å². The van der Waals surface area contributed by atoms with E-state index in [2.05, 4.69) is 28.2 Å². The molecule has 0 saturated heterocycles. The van der Waals surface area contributed by atoms with Crippen molar-refractivity contribution in [2.75, 3.05) is 5.73 Å². The fourth-order valence-corrected chi connectivity index (χ4v) is 3.69. The number of fused-ring (bicyclic) bond motifs is 1. The number of hydrogen-bond acceptors (Lipinski definition) is 5. The van der Waals surface area contributed by atoms with Crippen LogP contribution in [0.1, 0.15) is 22.4 Å². The Bertz CT molecular complexity index is 1020. The quantitative estimate of drug-likeness (QED) is 0.715. The van der Waals surface area contributed by atoms with Crippen LogP contribution >= 0.6 is 0 Å². The van der Waals surface area contributed by atoms with Gasteiger partial charge in [0.1, 0.15) is 11.2 Å². The molecule has 1 aromatic carbocycles. The van der Waals surface area contributed by atoms with Crippen LogP contribution in [-0.4, -0.2) is 16.2 Å². The molecule has 0 spiro atoms. The predicted octanol–water partition coefficient (Wildman–Crippen LogP) is 3.28. The Labute approximate surface area is 151 Å². The van der Waals surface area contributed by atoms with Crippen LogP contribution < -0.4 is 5.73 Å². The van der Waals surface area contributed by atoms with Crippen LogP contribution in [0.15, 0.2) is 54.9 Å². The number of pyridine rings is 2. The highest BCUT2D eigenvalue weighted by Gasteiger charge is 2.40. The van der Waals surface area contributed by atoms with Gasteiger partial charge in [0.25, 0.3) is 0 Å². The summed E-state index contributed by atoms with van der Waals surface area (Å²) in [6.07, 6.45) is 5.88. The first kappa shape index (κ1) is 16.0. The molecule has 126 valence electrons. The van der Waals surface area contributed by atoms with E-state index in [-0.39, 0.29) is 0 Å². The number of benzene rings is 1. The van der Waals surface area contributed by atoms with E-state index in [4.69, 9.17) is 11.1 Å². The van der Waals surface area contributed by atoms with Crippen molar-refractivity contribution >= 4 is 12.0 Å². The number of nitrogens with one attached hydrogen (secondary N) is 1. The largest absolute Gasteiger partial charge is 0.383 e. The van der Waals surface area contributed by atoms with Crippen LogP contribution in [0.25, 0.3) is 11.1 Å². The number of nitriles is 1. The molecule has 0 saturated carbocycles. The van der Waals surface area contributed by atoms with Gasteiger partial charge >= 0.3 is 0 Å². The summed E-state index contributed by atoms with van der Waals surface area (Å²) < 4.78 is 0. The number of rotatable bonds is 3. The second-order valence-corrected chi connectivity index (χ2v) is 6.55. The number of nitrogens with zero attached hydrogens (tertiary/aromatic N) is 3. The van der Waals surface area contributed by atoms with Gasteiger partial charge in [-0.05, 0) is 53.3 Å². The standard InChI is InChI=1S/C21H17N5/c22-12-18-17(6-8-26-20(18)24)14-5-7-25-19(9-14)21(13-23)10-15-3-1-2-4-16(15)11-21/h1-9,12,22H,10-11H2,(H2,24,26). The van der Waals surface area contributed by atoms with E-state index >= 15 is 0 Å². The maximum absolute atomic E-state index is 9.99. The van der Waals surface area contributed by atoms with Gasteiger partial charge in [-0.15, -0.1) is 0 Å². The minimum atomic E-state index is -0.664. The zero-order valence-corrected chi connectivity index (χ0v) is 14.1. The Morgan fingerprint density at radius 2 is 1.77 bits per heavy atom. The summed E-state index contributed by atoms with van der Waals surface area (Å²) in [6, 6.07) is 16.3. The molecule has 0 fully saturated rings. The van der Waals surface area contributed by atoms with Crippen LogP contribution in [0.4, 0.5) is 5.82 Å². The molecule has 0 radical (unpaired) electrons. The maximum atomic E-state index is 9.99. The summed E-state index contributed by atoms with van der Waals surface area (Å²) in [7, 11) is 0. The number of nitrogen functional groups attached to an aromatic ring is 1. The third kappa shape index (κ3) is 2.44. The van der Waals surface area contributed by atoms with Gasteiger partial charge < -0.3 is 11.1 Å². The monoisotopic (exact) mass is 339 g/mol. The number of anilines is 1. The molecule has 4 rings (SSSR count). The van der Waals surface area contributed by atoms with Gasteiger partial charge in [-0.25, -0.2) is 4.98 Å². The lowest BCUT2D eigenvalue weighted by molar-refractivity contribution is 0.568. The van der Waals surface area contributed by atoms with Gasteiger partial charge in [-0.2, -0.15) is 5.26 Å². The second-order valence-electron chi connectivity index (χ2n) is 6.55. The van der Waals surface area contributed by atoms with Crippen LogP contribution in [0.3, 0.4) is 0 Å². The lowest BCUT2D eigenvalue weighted by Gasteiger charge is -2.20. The Morgan fingerprint density at radius 1 is 1.08 bits per heavy atom. The van der Waals surface area contributed by atoms with Crippen LogP contribution in [0.2, 0.25) is 0 Å². The molecule has 5 heteroatoms. The lowest BCUT2D eigenvalue weighted by Crippen LogP contribution is -2.26. The van der Waals surface area contributed by atoms with E-state index < -0.39 is 5.41 Å². The average Bonchev–Trinajstić information content (AvgIpc) is 3.08. The zero-order chi connectivity index (χ0) is 18.1. The smallest absolute Gasteiger partial charge is 0.132 e. The summed E-state index contributed by atoms with van der Waals surface area (Å²) >= 11 is 0. The van der Waals surface area contributed by atoms with Crippen molar-refractivity contribution in [1.29, 1.82) is 10.7 Å². The molecule has 0 atom stereocenters. The molecule has 3 N–H and O–H groups in total. The third-order valence-electron chi connectivity index (χ3n) is 5.04. The van der Waals surface area contributed by atoms with Crippen molar-refractivity contribution in [3.63, 3.8) is 0 Å². The van der Waals surface area contributed by atoms with Gasteiger partial charge in [-0.1, -0.05) is 24.3 Å². The normalized spacial score (nSPS) is 14.4. The average molecular weight is 339 g/mol. The maximum Gasteiger partial charge on any atom is 0.132 e. The Morgan fingerprint density at radius 3 is 2.42 bits per heavy atom. The van der Waals surface area contributed by atoms with E-state index in [0.717, 1.165) is 16.8 Å². The fourth-order valence-electron chi connectivity index (χ4n) is 3.69. The van der Waals surface area contributed by atoms with Crippen LogP contribution in [-0.2, 0) is 18.3 Å². The first-order valence-corrected chi connectivity index (χ1v) is 8.37. The molecular formula is C21H17N5. The first-order valence-electron chi connectivity index (χ1n) is 8.37. The van der Waals surface area contributed by atoms with Crippen molar-refractivity contribution < 1.29 is 0 Å². The second kappa shape index (κ2) is 6.08. The van der Waals surface area contributed by atoms with Crippen molar-refractivity contribution in [1.82, 2.24) is 9.97 Å². The Hall–Kier alpha value is -3.52. The number of nitrogens with two attached hydrogens (primary N) is 1. The van der Waals surface area contributed by atoms with Crippen LogP contribution in [0, 0.1) is 16.7 Å². The molecule has 0 bridgehead atoms. The van der Waals surface area contributed by atoms with E-state index in [9.17, 15) is 5.26 Å². The summed E-state index contributed by atoms with van der Waals surface area (Å²) in [5, 5.41) is 17.6. The van der Waals surface area contributed by atoms with Crippen molar-refractivity contribution in [2.24, 2.45) is 0 Å². The SMILES string of the molecule is N#CC1(c2cc(-c3ccnc(N)c3C=N)ccn2)Cc2ccccc2C1. The highest BCUT2D eigenvalue weighted by molar-refractivity contribution is 5.93. The fraction of sp³-hybridized carbons (Fsp3) is 0.143. The summed E-state index contributed by atoms with van der Waals surface area (Å²) in [5.74, 6) is 0.319. The summed E-state index contributed by atoms with van der Waals surface area (Å²) in [4.78, 5) is 8.58. The van der Waals surface area contributed by atoms with Crippen molar-refractivity contribution in [3.8, 4) is 17.2 Å². The predicted molar refractivity (Wildman–Crippen MR) is 101 cm³/mol. The molecule has 1 aliphatic rings. The van der Waals surface area contributed by atoms with E-state index in [1.807, 2.05) is 30.3 Å². The summed E-state index contributed by atoms with van der Waals surface area (Å²) in [6.45, 7) is 0. The molecule has 0 amide bonds. The molecule has 2 aromatic heterocycles. The topological polar surface area (TPSA) is 99.4 Å². The lowest BCUT2D eigenvalue weighted by atomic mass is 9.81. The molecule has 1 aliphatic carbocycles. The molecule has 5 nitrogen and oxygen atoms in total. The summed E-state index contributed by atoms with van der Waals surface area (Å²) in [5.41, 5.74) is 10.7. The molecular weight excluding hydrogens is 322 g/mol. The third-order valence-corrected chi connectivity index (χ3v) is 5.04. The number of hydrogen-bond donors (Lipinski definition) is 2. The van der Waals surface area contributed by atoms with E-state index in [1.165, 1.54) is 17.3 Å². The number of aromatic nitrogens is 2. The minimum Gasteiger partial charge on any atom is -0.383 e. The van der Waals surface area contributed by atoms with Gasteiger partial charge in [-0.3, -0.25) is 4.98 Å². The Kier molecular flexibility index (Phi) is 3.74. The molecule has 0 unspecified atom stereocenters. The zero-order valence-electron chi connectivity index (χ0n) is 14.1. The highest BCUT2D eigenvalue weighted by atomic mass is 14.8. The van der Waals surface area contributed by atoms with Crippen LogP contribution in [0.5, 0.6) is 0 Å². The minimum absolute atomic E-state index is 0.319. The Balaban J connectivity index is 1.81. The van der Waals surface area contributed by atoms with Gasteiger partial charge in [0, 0.05) is 24.2 Å².